The molecule has 0 aliphatic heterocycles. The molecule has 0 fully saturated rings. The lowest BCUT2D eigenvalue weighted by atomic mass is 10.0. The first-order valence-corrected chi connectivity index (χ1v) is 10.6. The van der Waals surface area contributed by atoms with Crippen LogP contribution in [0.3, 0.4) is 0 Å². The molecule has 3 aromatic carbocycles. The number of halogens is 3. The number of anilines is 2. The van der Waals surface area contributed by atoms with Crippen molar-refractivity contribution >= 4 is 28.2 Å². The minimum Gasteiger partial charge on any atom is -0.308 e. The van der Waals surface area contributed by atoms with Gasteiger partial charge in [-0.05, 0) is 55.2 Å². The average Bonchev–Trinajstić information content (AvgIpc) is 2.81. The van der Waals surface area contributed by atoms with Crippen LogP contribution in [0.15, 0.2) is 77.6 Å². The number of benzene rings is 3. The number of alkyl halides is 3. The maximum atomic E-state index is 12.9. The van der Waals surface area contributed by atoms with Crippen molar-refractivity contribution < 1.29 is 18.0 Å². The van der Waals surface area contributed by atoms with Crippen molar-refractivity contribution in [2.24, 2.45) is 0 Å². The lowest BCUT2D eigenvalue weighted by molar-refractivity contribution is -0.137. The van der Waals surface area contributed by atoms with Crippen LogP contribution in [-0.4, -0.2) is 16.2 Å². The minimum atomic E-state index is -4.51. The number of hydrogen-bond acceptors (Lipinski definition) is 3. The fourth-order valence-corrected chi connectivity index (χ4v) is 3.66. The van der Waals surface area contributed by atoms with Gasteiger partial charge in [-0.2, -0.15) is 18.3 Å². The molecule has 1 heterocycles. The first-order chi connectivity index (χ1) is 16.3. The van der Waals surface area contributed by atoms with Crippen LogP contribution in [0, 0.1) is 0 Å². The van der Waals surface area contributed by atoms with Crippen LogP contribution in [-0.2, 0) is 19.0 Å². The zero-order valence-electron chi connectivity index (χ0n) is 17.9. The Bertz CT molecular complexity index is 1370. The van der Waals surface area contributed by atoms with Gasteiger partial charge in [-0.15, -0.1) is 0 Å². The summed E-state index contributed by atoms with van der Waals surface area (Å²) in [6, 6.07) is 18.5. The second kappa shape index (κ2) is 9.78. The highest BCUT2D eigenvalue weighted by atomic mass is 19.4. The Labute approximate surface area is 192 Å². The zero-order chi connectivity index (χ0) is 24.1. The van der Waals surface area contributed by atoms with E-state index in [4.69, 9.17) is 0 Å². The minimum absolute atomic E-state index is 0.00383. The van der Waals surface area contributed by atoms with Crippen LogP contribution in [0.4, 0.5) is 29.3 Å². The van der Waals surface area contributed by atoms with Crippen molar-refractivity contribution in [1.82, 2.24) is 10.2 Å². The van der Waals surface area contributed by atoms with Gasteiger partial charge in [0.05, 0.1) is 16.6 Å². The summed E-state index contributed by atoms with van der Waals surface area (Å²) in [6.45, 7) is 0. The van der Waals surface area contributed by atoms with Gasteiger partial charge < -0.3 is 10.6 Å². The number of aryl methyl sites for hydroxylation is 2. The van der Waals surface area contributed by atoms with Gasteiger partial charge in [0.1, 0.15) is 0 Å². The largest absolute Gasteiger partial charge is 0.416 e. The first kappa shape index (κ1) is 23.0. The number of aromatic amines is 1. The average molecular weight is 466 g/mol. The Hall–Kier alpha value is -4.14. The van der Waals surface area contributed by atoms with Crippen LogP contribution < -0.4 is 16.2 Å². The Morgan fingerprint density at radius 1 is 0.853 bits per heavy atom. The number of urea groups is 1. The third kappa shape index (κ3) is 5.61. The Balaban J connectivity index is 1.46. The number of nitrogens with zero attached hydrogens (tertiary/aromatic N) is 1. The van der Waals surface area contributed by atoms with Gasteiger partial charge >= 0.3 is 12.2 Å². The summed E-state index contributed by atoms with van der Waals surface area (Å²) in [5.41, 5.74) is 1.01. The van der Waals surface area contributed by atoms with Crippen molar-refractivity contribution in [3.05, 3.63) is 100.0 Å². The maximum Gasteiger partial charge on any atom is 0.416 e. The number of hydrogen-bond donors (Lipinski definition) is 3. The fraction of sp³-hybridized carbons (Fsp3) is 0.160. The highest BCUT2D eigenvalue weighted by Gasteiger charge is 2.30. The van der Waals surface area contributed by atoms with Crippen LogP contribution in [0.2, 0.25) is 0 Å². The van der Waals surface area contributed by atoms with Crippen molar-refractivity contribution in [2.45, 2.75) is 25.4 Å². The van der Waals surface area contributed by atoms with E-state index in [0.717, 1.165) is 30.7 Å². The molecule has 0 spiro atoms. The predicted molar refractivity (Wildman–Crippen MR) is 125 cm³/mol. The molecule has 0 unspecified atom stereocenters. The summed E-state index contributed by atoms with van der Waals surface area (Å²) in [7, 11) is 0. The Morgan fingerprint density at radius 3 is 2.32 bits per heavy atom. The molecule has 9 heteroatoms. The molecular weight excluding hydrogens is 445 g/mol. The van der Waals surface area contributed by atoms with Gasteiger partial charge in [0.25, 0.3) is 5.56 Å². The molecule has 0 atom stereocenters. The molecule has 0 saturated heterocycles. The molecule has 0 bridgehead atoms. The second-order valence-electron chi connectivity index (χ2n) is 7.76. The van der Waals surface area contributed by atoms with E-state index in [0.29, 0.717) is 22.9 Å². The summed E-state index contributed by atoms with van der Waals surface area (Å²) in [4.78, 5) is 24.6. The number of fused-ring (bicyclic) bond motifs is 1. The summed E-state index contributed by atoms with van der Waals surface area (Å²) in [5, 5.41) is 12.6. The number of carbonyl (C=O) groups is 1. The molecule has 4 rings (SSSR count). The van der Waals surface area contributed by atoms with Crippen molar-refractivity contribution in [3.8, 4) is 0 Å². The van der Waals surface area contributed by atoms with Gasteiger partial charge in [-0.3, -0.25) is 4.79 Å². The molecule has 0 aliphatic rings. The van der Waals surface area contributed by atoms with E-state index in [9.17, 15) is 22.8 Å². The summed E-state index contributed by atoms with van der Waals surface area (Å²) < 4.78 is 38.6. The molecule has 174 valence electrons. The van der Waals surface area contributed by atoms with Gasteiger partial charge in [-0.25, -0.2) is 9.89 Å². The molecule has 3 N–H and O–H groups in total. The zero-order valence-corrected chi connectivity index (χ0v) is 17.9. The van der Waals surface area contributed by atoms with E-state index in [1.165, 1.54) is 23.8 Å². The van der Waals surface area contributed by atoms with Gasteiger partial charge in [0.15, 0.2) is 0 Å². The third-order valence-electron chi connectivity index (χ3n) is 5.29. The number of nitrogens with one attached hydrogen (secondary N) is 3. The summed E-state index contributed by atoms with van der Waals surface area (Å²) in [5.74, 6) is 0. The normalized spacial score (nSPS) is 11.4. The van der Waals surface area contributed by atoms with Gasteiger partial charge in [-0.1, -0.05) is 42.5 Å². The van der Waals surface area contributed by atoms with Crippen LogP contribution in [0.1, 0.15) is 23.2 Å². The lowest BCUT2D eigenvalue weighted by Crippen LogP contribution is -2.20. The molecule has 6 nitrogen and oxygen atoms in total. The SMILES string of the molecule is O=C(Nc1cccc(C(F)(F)F)c1)Nc1ccc2c(CCCc3ccccc3)n[nH]c(=O)c2c1. The molecular formula is C25H21F3N4O2. The Morgan fingerprint density at radius 2 is 1.59 bits per heavy atom. The number of carbonyl (C=O) groups excluding carboxylic acids is 1. The molecule has 34 heavy (non-hydrogen) atoms. The highest BCUT2D eigenvalue weighted by molar-refractivity contribution is 6.01. The lowest BCUT2D eigenvalue weighted by Gasteiger charge is -2.11. The van der Waals surface area contributed by atoms with E-state index in [2.05, 4.69) is 33.0 Å². The quantitative estimate of drug-likeness (QED) is 0.338. The first-order valence-electron chi connectivity index (χ1n) is 10.6. The standard InChI is InChI=1S/C25H21F3N4O2/c26-25(27,28)17-9-5-10-18(14-17)29-24(34)30-19-12-13-20-21(15-19)23(33)32-31-22(20)11-4-8-16-6-2-1-3-7-16/h1-3,5-7,9-10,12-15H,4,8,11H2,(H,32,33)(H2,29,30,34). The fourth-order valence-electron chi connectivity index (χ4n) is 3.66. The van der Waals surface area contributed by atoms with Crippen LogP contribution in [0.5, 0.6) is 0 Å². The number of H-pyrrole nitrogens is 1. The molecule has 1 aromatic heterocycles. The van der Waals surface area contributed by atoms with E-state index >= 15 is 0 Å². The van der Waals surface area contributed by atoms with Crippen LogP contribution in [0.25, 0.3) is 10.8 Å². The molecule has 4 aromatic rings. The molecule has 0 radical (unpaired) electrons. The second-order valence-corrected chi connectivity index (χ2v) is 7.76. The molecule has 2 amide bonds. The number of aromatic nitrogens is 2. The van der Waals surface area contributed by atoms with E-state index in [1.807, 2.05) is 18.2 Å². The highest BCUT2D eigenvalue weighted by Crippen LogP contribution is 2.30. The van der Waals surface area contributed by atoms with Gasteiger partial charge in [0.2, 0.25) is 0 Å². The smallest absolute Gasteiger partial charge is 0.308 e. The topological polar surface area (TPSA) is 86.9 Å². The molecule has 0 aliphatic carbocycles. The van der Waals surface area contributed by atoms with Crippen LogP contribution >= 0.6 is 0 Å². The number of rotatable bonds is 6. The van der Waals surface area contributed by atoms with E-state index in [-0.39, 0.29) is 5.69 Å². The Kier molecular flexibility index (Phi) is 6.62. The number of amides is 2. The van der Waals surface area contributed by atoms with E-state index in [1.54, 1.807) is 12.1 Å². The summed E-state index contributed by atoms with van der Waals surface area (Å²) in [6.07, 6.45) is -2.14. The van der Waals surface area contributed by atoms with Crippen molar-refractivity contribution in [1.29, 1.82) is 0 Å². The third-order valence-corrected chi connectivity index (χ3v) is 5.29. The van der Waals surface area contributed by atoms with Gasteiger partial charge in [0, 0.05) is 16.8 Å². The maximum absolute atomic E-state index is 12.9. The van der Waals surface area contributed by atoms with Crippen molar-refractivity contribution in [3.63, 3.8) is 0 Å². The monoisotopic (exact) mass is 466 g/mol. The molecule has 0 saturated carbocycles. The predicted octanol–water partition coefficient (Wildman–Crippen LogP) is 5.76. The van der Waals surface area contributed by atoms with Crippen molar-refractivity contribution in [2.75, 3.05) is 10.6 Å². The summed E-state index contributed by atoms with van der Waals surface area (Å²) >= 11 is 0. The van der Waals surface area contributed by atoms with E-state index < -0.39 is 23.3 Å².